The first kappa shape index (κ1) is 17.8. The Kier molecular flexibility index (Phi) is 4.97. The van der Waals surface area contributed by atoms with Crippen molar-refractivity contribution in [3.8, 4) is 0 Å². The van der Waals surface area contributed by atoms with Gasteiger partial charge in [-0.2, -0.15) is 0 Å². The van der Waals surface area contributed by atoms with Gasteiger partial charge in [0.05, 0.1) is 22.8 Å². The third kappa shape index (κ3) is 4.04. The van der Waals surface area contributed by atoms with Gasteiger partial charge in [-0.05, 0) is 35.9 Å². The number of rotatable bonds is 5. The van der Waals surface area contributed by atoms with Gasteiger partial charge in [-0.1, -0.05) is 29.8 Å². The predicted octanol–water partition coefficient (Wildman–Crippen LogP) is 5.06. The zero-order valence-electron chi connectivity index (χ0n) is 14.8. The average Bonchev–Trinajstić information content (AvgIpc) is 3.22. The number of amides is 1. The van der Waals surface area contributed by atoms with Gasteiger partial charge in [-0.25, -0.2) is 4.98 Å². The van der Waals surface area contributed by atoms with Crippen LogP contribution in [0.4, 0.5) is 5.69 Å². The van der Waals surface area contributed by atoms with Crippen LogP contribution < -0.4 is 5.32 Å². The van der Waals surface area contributed by atoms with Crippen LogP contribution in [-0.2, 0) is 24.7 Å². The lowest BCUT2D eigenvalue weighted by Gasteiger charge is -2.06. The average molecular weight is 396 g/mol. The lowest BCUT2D eigenvalue weighted by Crippen LogP contribution is -2.14. The van der Waals surface area contributed by atoms with E-state index < -0.39 is 0 Å². The second-order valence-corrected chi connectivity index (χ2v) is 7.81. The number of nitrogens with one attached hydrogen (secondary N) is 1. The molecule has 1 amide bonds. The molecule has 0 saturated heterocycles. The van der Waals surface area contributed by atoms with E-state index in [0.717, 1.165) is 44.3 Å². The molecule has 0 atom stereocenters. The summed E-state index contributed by atoms with van der Waals surface area (Å²) in [5.74, 6) is -0.0639. The van der Waals surface area contributed by atoms with E-state index in [1.165, 1.54) is 0 Å². The fourth-order valence-electron chi connectivity index (χ4n) is 3.10. The van der Waals surface area contributed by atoms with E-state index >= 15 is 0 Å². The van der Waals surface area contributed by atoms with E-state index in [1.807, 2.05) is 71.7 Å². The van der Waals surface area contributed by atoms with Crippen LogP contribution in [0, 0.1) is 0 Å². The minimum atomic E-state index is -0.0639. The fraction of sp³-hybridized carbons (Fsp3) is 0.143. The molecule has 2 heterocycles. The molecule has 0 aliphatic heterocycles. The summed E-state index contributed by atoms with van der Waals surface area (Å²) >= 11 is 7.60. The summed E-state index contributed by atoms with van der Waals surface area (Å²) in [4.78, 5) is 17.1. The number of thiazole rings is 1. The highest BCUT2D eigenvalue weighted by molar-refractivity contribution is 7.09. The van der Waals surface area contributed by atoms with Crippen molar-refractivity contribution >= 4 is 45.4 Å². The summed E-state index contributed by atoms with van der Waals surface area (Å²) in [6, 6.07) is 15.7. The largest absolute Gasteiger partial charge is 0.350 e. The van der Waals surface area contributed by atoms with E-state index in [-0.39, 0.29) is 12.3 Å². The number of fused-ring (bicyclic) bond motifs is 1. The number of aromatic nitrogens is 2. The van der Waals surface area contributed by atoms with Crippen LogP contribution in [0.2, 0.25) is 5.02 Å². The third-order valence-electron chi connectivity index (χ3n) is 4.39. The molecular weight excluding hydrogens is 378 g/mol. The summed E-state index contributed by atoms with van der Waals surface area (Å²) in [5.41, 5.74) is 3.82. The molecule has 2 aromatic heterocycles. The predicted molar refractivity (Wildman–Crippen MR) is 112 cm³/mol. The molecule has 0 spiro atoms. The molecule has 4 aromatic rings. The molecule has 0 fully saturated rings. The summed E-state index contributed by atoms with van der Waals surface area (Å²) < 4.78 is 2.04. The molecule has 0 aliphatic rings. The standard InChI is InChI=1S/C21H18ClN3OS/c1-25-9-8-17-18(6-3-7-19(17)25)24-20(26)12-16-13-27-21(23-16)11-14-4-2-5-15(22)10-14/h2-10,13H,11-12H2,1H3,(H,24,26). The normalized spacial score (nSPS) is 11.0. The van der Waals surface area contributed by atoms with Crippen LogP contribution in [0.5, 0.6) is 0 Å². The Balaban J connectivity index is 1.43. The minimum Gasteiger partial charge on any atom is -0.350 e. The number of halogens is 1. The van der Waals surface area contributed by atoms with Crippen LogP contribution >= 0.6 is 22.9 Å². The smallest absolute Gasteiger partial charge is 0.230 e. The molecule has 27 heavy (non-hydrogen) atoms. The number of hydrogen-bond donors (Lipinski definition) is 1. The summed E-state index contributed by atoms with van der Waals surface area (Å²) in [7, 11) is 1.99. The van der Waals surface area contributed by atoms with Crippen LogP contribution in [0.1, 0.15) is 16.3 Å². The molecule has 0 radical (unpaired) electrons. The van der Waals surface area contributed by atoms with E-state index in [4.69, 9.17) is 11.6 Å². The highest BCUT2D eigenvalue weighted by Crippen LogP contribution is 2.24. The fourth-order valence-corrected chi connectivity index (χ4v) is 4.14. The quantitative estimate of drug-likeness (QED) is 0.513. The highest BCUT2D eigenvalue weighted by atomic mass is 35.5. The highest BCUT2D eigenvalue weighted by Gasteiger charge is 2.11. The van der Waals surface area contributed by atoms with Crippen molar-refractivity contribution in [2.75, 3.05) is 5.32 Å². The summed E-state index contributed by atoms with van der Waals surface area (Å²) in [6.07, 6.45) is 2.97. The maximum absolute atomic E-state index is 12.5. The van der Waals surface area contributed by atoms with Gasteiger partial charge in [0.1, 0.15) is 0 Å². The number of hydrogen-bond acceptors (Lipinski definition) is 3. The lowest BCUT2D eigenvalue weighted by atomic mass is 10.2. The molecular formula is C21H18ClN3OS. The van der Waals surface area contributed by atoms with Crippen molar-refractivity contribution in [3.05, 3.63) is 81.4 Å². The first-order chi connectivity index (χ1) is 13.1. The van der Waals surface area contributed by atoms with Crippen LogP contribution in [0.3, 0.4) is 0 Å². The van der Waals surface area contributed by atoms with Crippen LogP contribution in [0.25, 0.3) is 10.9 Å². The first-order valence-electron chi connectivity index (χ1n) is 8.60. The van der Waals surface area contributed by atoms with Gasteiger partial charge in [0.15, 0.2) is 0 Å². The van der Waals surface area contributed by atoms with E-state index in [9.17, 15) is 4.79 Å². The molecule has 1 N–H and O–H groups in total. The molecule has 4 nitrogen and oxygen atoms in total. The SMILES string of the molecule is Cn1ccc2c(NC(=O)Cc3csc(Cc4cccc(Cl)c4)n3)cccc21. The van der Waals surface area contributed by atoms with Gasteiger partial charge in [-0.3, -0.25) is 4.79 Å². The zero-order valence-corrected chi connectivity index (χ0v) is 16.3. The number of benzene rings is 2. The topological polar surface area (TPSA) is 46.9 Å². The van der Waals surface area contributed by atoms with E-state index in [0.29, 0.717) is 0 Å². The number of carbonyl (C=O) groups excluding carboxylic acids is 1. The van der Waals surface area contributed by atoms with E-state index in [1.54, 1.807) is 11.3 Å². The number of carbonyl (C=O) groups is 1. The second kappa shape index (κ2) is 7.55. The molecule has 2 aromatic carbocycles. The van der Waals surface area contributed by atoms with Gasteiger partial charge in [0.2, 0.25) is 5.91 Å². The maximum Gasteiger partial charge on any atom is 0.230 e. The molecule has 0 unspecified atom stereocenters. The Morgan fingerprint density at radius 2 is 2.07 bits per heavy atom. The monoisotopic (exact) mass is 395 g/mol. The van der Waals surface area contributed by atoms with Gasteiger partial charge in [0.25, 0.3) is 0 Å². The molecule has 136 valence electrons. The minimum absolute atomic E-state index is 0.0639. The van der Waals surface area contributed by atoms with Crippen molar-refractivity contribution in [1.82, 2.24) is 9.55 Å². The molecule has 0 bridgehead atoms. The molecule has 6 heteroatoms. The number of anilines is 1. The third-order valence-corrected chi connectivity index (χ3v) is 5.52. The molecule has 4 rings (SSSR count). The van der Waals surface area contributed by atoms with Gasteiger partial charge in [-0.15, -0.1) is 11.3 Å². The lowest BCUT2D eigenvalue weighted by molar-refractivity contribution is -0.115. The molecule has 0 aliphatic carbocycles. The Labute approximate surface area is 166 Å². The maximum atomic E-state index is 12.5. The Morgan fingerprint density at radius 1 is 1.22 bits per heavy atom. The molecule has 0 saturated carbocycles. The second-order valence-electron chi connectivity index (χ2n) is 6.43. The Hall–Kier alpha value is -2.63. The Morgan fingerprint density at radius 3 is 2.93 bits per heavy atom. The number of nitrogens with zero attached hydrogens (tertiary/aromatic N) is 2. The van der Waals surface area contributed by atoms with Crippen molar-refractivity contribution in [2.45, 2.75) is 12.8 Å². The van der Waals surface area contributed by atoms with Gasteiger partial charge < -0.3 is 9.88 Å². The van der Waals surface area contributed by atoms with Crippen molar-refractivity contribution in [2.24, 2.45) is 7.05 Å². The zero-order chi connectivity index (χ0) is 18.8. The van der Waals surface area contributed by atoms with Crippen LogP contribution in [-0.4, -0.2) is 15.5 Å². The van der Waals surface area contributed by atoms with Crippen LogP contribution in [0.15, 0.2) is 60.1 Å². The van der Waals surface area contributed by atoms with Crippen molar-refractivity contribution < 1.29 is 4.79 Å². The van der Waals surface area contributed by atoms with Gasteiger partial charge >= 0.3 is 0 Å². The first-order valence-corrected chi connectivity index (χ1v) is 9.86. The summed E-state index contributed by atoms with van der Waals surface area (Å²) in [6.45, 7) is 0. The van der Waals surface area contributed by atoms with Crippen molar-refractivity contribution in [1.29, 1.82) is 0 Å². The van der Waals surface area contributed by atoms with E-state index in [2.05, 4.69) is 10.3 Å². The number of aryl methyl sites for hydroxylation is 1. The summed E-state index contributed by atoms with van der Waals surface area (Å²) in [5, 5.41) is 7.69. The Bertz CT molecular complexity index is 1120. The van der Waals surface area contributed by atoms with Gasteiger partial charge in [0, 0.05) is 41.0 Å². The van der Waals surface area contributed by atoms with Crippen molar-refractivity contribution in [3.63, 3.8) is 0 Å².